The van der Waals surface area contributed by atoms with E-state index in [0.717, 1.165) is 56.3 Å². The summed E-state index contributed by atoms with van der Waals surface area (Å²) in [7, 11) is 0. The first-order chi connectivity index (χ1) is 14.5. The van der Waals surface area contributed by atoms with Crippen molar-refractivity contribution in [2.75, 3.05) is 6.61 Å². The first kappa shape index (κ1) is 31.4. The zero-order valence-electron chi connectivity index (χ0n) is 22.6. The van der Waals surface area contributed by atoms with Crippen LogP contribution in [0.4, 0.5) is 0 Å². The third-order valence-electron chi connectivity index (χ3n) is 6.23. The summed E-state index contributed by atoms with van der Waals surface area (Å²) in [5.74, 6) is 2.23. The van der Waals surface area contributed by atoms with Gasteiger partial charge in [-0.1, -0.05) is 0 Å². The molecule has 0 N–H and O–H groups in total. The van der Waals surface area contributed by atoms with Gasteiger partial charge < -0.3 is 0 Å². The van der Waals surface area contributed by atoms with E-state index in [2.05, 4.69) is 41.5 Å². The number of rotatable bonds is 21. The third kappa shape index (κ3) is 17.6. The standard InChI is InChI=1S/C8H17O.2C8H17.C3H7O.O.Ti/c1-8(2)6-4-3-5-7-9;2*1-4-5-6-7-8(2)3;1-3(2)4;;/h8H,3-7H2,1-2H3;2*8H,1,4-7H2,2-3H3;3H,1-2H3;;/q-1;;;-1;;+2. The molecule has 0 aliphatic rings. The zero-order chi connectivity index (χ0) is 23.8. The van der Waals surface area contributed by atoms with E-state index in [-0.39, 0.29) is 6.10 Å². The Balaban J connectivity index is 4.97. The van der Waals surface area contributed by atoms with Crippen LogP contribution in [-0.2, 0) is 26.0 Å². The molecule has 0 aliphatic heterocycles. The van der Waals surface area contributed by atoms with Gasteiger partial charge in [0.05, 0.1) is 0 Å². The van der Waals surface area contributed by atoms with Crippen LogP contribution in [0.25, 0.3) is 0 Å². The summed E-state index contributed by atoms with van der Waals surface area (Å²) in [4.78, 5) is 0. The first-order valence-electron chi connectivity index (χ1n) is 13.7. The summed E-state index contributed by atoms with van der Waals surface area (Å²) in [6.45, 7) is 18.3. The summed E-state index contributed by atoms with van der Waals surface area (Å²) < 4.78 is 28.6. The van der Waals surface area contributed by atoms with E-state index < -0.39 is 16.1 Å². The van der Waals surface area contributed by atoms with Crippen LogP contribution in [0.5, 0.6) is 0 Å². The minimum atomic E-state index is -4.66. The topological polar surface area (TPSA) is 35.5 Å². The molecule has 0 rings (SSSR count). The molecule has 4 heteroatoms. The number of hydrogen-bond acceptors (Lipinski definition) is 3. The Labute approximate surface area is 198 Å². The Morgan fingerprint density at radius 2 is 0.935 bits per heavy atom. The van der Waals surface area contributed by atoms with E-state index in [1.54, 1.807) is 0 Å². The van der Waals surface area contributed by atoms with Gasteiger partial charge in [0.2, 0.25) is 0 Å². The molecule has 0 aromatic rings. The summed E-state index contributed by atoms with van der Waals surface area (Å²) in [6, 6.07) is 0. The second-order valence-corrected chi connectivity index (χ2v) is 18.3. The van der Waals surface area contributed by atoms with Crippen LogP contribution in [0.1, 0.15) is 132 Å². The van der Waals surface area contributed by atoms with Gasteiger partial charge >= 0.3 is 198 Å². The molecule has 31 heavy (non-hydrogen) atoms. The second-order valence-electron chi connectivity index (χ2n) is 11.6. The fraction of sp³-hybridized carbons (Fsp3) is 1.00. The second kappa shape index (κ2) is 17.0. The fourth-order valence-electron chi connectivity index (χ4n) is 4.47. The van der Waals surface area contributed by atoms with E-state index in [0.29, 0.717) is 16.1 Å². The number of unbranched alkanes of at least 4 members (excludes halogenated alkanes) is 6. The van der Waals surface area contributed by atoms with Gasteiger partial charge in [0.1, 0.15) is 0 Å². The first-order valence-corrected chi connectivity index (χ1v) is 17.8. The van der Waals surface area contributed by atoms with E-state index in [1.807, 2.05) is 13.8 Å². The average molecular weight is 479 g/mol. The molecule has 0 unspecified atom stereocenters. The minimum absolute atomic E-state index is 0.0400. The molecule has 0 aromatic carbocycles. The summed E-state index contributed by atoms with van der Waals surface area (Å²) >= 11 is -4.66. The normalized spacial score (nSPS) is 13.3. The van der Waals surface area contributed by atoms with E-state index >= 15 is 0 Å². The van der Waals surface area contributed by atoms with Crippen molar-refractivity contribution < 1.29 is 26.0 Å². The van der Waals surface area contributed by atoms with Gasteiger partial charge in [-0.05, 0) is 0 Å². The van der Waals surface area contributed by atoms with Crippen molar-refractivity contribution in [2.24, 2.45) is 17.8 Å². The average Bonchev–Trinajstić information content (AvgIpc) is 2.63. The molecule has 0 fully saturated rings. The van der Waals surface area contributed by atoms with Crippen LogP contribution in [0.15, 0.2) is 0 Å². The maximum atomic E-state index is 14.6. The molecule has 0 saturated heterocycles. The van der Waals surface area contributed by atoms with E-state index in [1.165, 1.54) is 38.5 Å². The predicted molar refractivity (Wildman–Crippen MR) is 132 cm³/mol. The fourth-order valence-corrected chi connectivity index (χ4v) is 11.3. The molecule has 0 aliphatic carbocycles. The van der Waals surface area contributed by atoms with Crippen molar-refractivity contribution in [3.05, 3.63) is 0 Å². The molecule has 0 amide bonds. The Kier molecular flexibility index (Phi) is 17.2. The zero-order valence-corrected chi connectivity index (χ0v) is 24.2. The van der Waals surface area contributed by atoms with Gasteiger partial charge in [0.25, 0.3) is 0 Å². The molecule has 0 saturated carbocycles. The summed E-state index contributed by atoms with van der Waals surface area (Å²) in [5, 5.41) is 0. The molecular formula is C27H58O3Ti. The molecule has 0 spiro atoms. The maximum absolute atomic E-state index is 14.6. The van der Waals surface area contributed by atoms with Crippen LogP contribution >= 0.6 is 0 Å². The molecule has 188 valence electrons. The van der Waals surface area contributed by atoms with E-state index in [9.17, 15) is 3.32 Å². The van der Waals surface area contributed by atoms with Crippen LogP contribution in [0.2, 0.25) is 9.45 Å². The van der Waals surface area contributed by atoms with Crippen molar-refractivity contribution >= 4 is 0 Å². The Bertz CT molecular complexity index is 461. The van der Waals surface area contributed by atoms with Gasteiger partial charge in [0.15, 0.2) is 0 Å². The Morgan fingerprint density at radius 1 is 0.548 bits per heavy atom. The van der Waals surface area contributed by atoms with Crippen molar-refractivity contribution in [1.82, 2.24) is 0 Å². The quantitative estimate of drug-likeness (QED) is 0.122. The molecule has 0 atom stereocenters. The number of hydrogen-bond donors (Lipinski definition) is 0. The molecule has 3 nitrogen and oxygen atoms in total. The Hall–Kier alpha value is 0.434. The van der Waals surface area contributed by atoms with Crippen molar-refractivity contribution in [3.63, 3.8) is 0 Å². The van der Waals surface area contributed by atoms with Crippen LogP contribution in [0, 0.1) is 17.8 Å². The van der Waals surface area contributed by atoms with Crippen LogP contribution < -0.4 is 0 Å². The van der Waals surface area contributed by atoms with Crippen molar-refractivity contribution in [1.29, 1.82) is 0 Å². The third-order valence-corrected chi connectivity index (χ3v) is 13.2. The van der Waals surface area contributed by atoms with Gasteiger partial charge in [-0.25, -0.2) is 0 Å². The monoisotopic (exact) mass is 478 g/mol. The molecule has 0 bridgehead atoms. The Morgan fingerprint density at radius 3 is 1.29 bits per heavy atom. The molecule has 0 radical (unpaired) electrons. The molecular weight excluding hydrogens is 420 g/mol. The van der Waals surface area contributed by atoms with E-state index in [4.69, 9.17) is 6.64 Å². The van der Waals surface area contributed by atoms with Gasteiger partial charge in [0, 0.05) is 0 Å². The molecule has 0 heterocycles. The van der Waals surface area contributed by atoms with Gasteiger partial charge in [-0.3, -0.25) is 0 Å². The van der Waals surface area contributed by atoms with Crippen LogP contribution in [-0.4, -0.2) is 12.7 Å². The van der Waals surface area contributed by atoms with Crippen molar-refractivity contribution in [2.45, 2.75) is 148 Å². The van der Waals surface area contributed by atoms with Gasteiger partial charge in [-0.2, -0.15) is 0 Å². The van der Waals surface area contributed by atoms with Crippen molar-refractivity contribution in [3.8, 4) is 0 Å². The van der Waals surface area contributed by atoms with Crippen LogP contribution in [0.3, 0.4) is 0 Å². The summed E-state index contributed by atoms with van der Waals surface area (Å²) in [5.41, 5.74) is 0. The SMILES string of the molecule is CC(C)CCCCC[O][Ti](=[O])([CH2]CCCCC(C)C)([CH2]CCCCC(C)C)[O]C(C)C. The molecule has 0 aromatic heterocycles. The summed E-state index contributed by atoms with van der Waals surface area (Å²) in [6.07, 6.45) is 13.7. The van der Waals surface area contributed by atoms with Gasteiger partial charge in [-0.15, -0.1) is 0 Å². The predicted octanol–water partition coefficient (Wildman–Crippen LogP) is 9.78.